The van der Waals surface area contributed by atoms with Crippen LogP contribution in [-0.4, -0.2) is 55.5 Å². The number of hydrogen-bond acceptors (Lipinski definition) is 4. The van der Waals surface area contributed by atoms with Gasteiger partial charge in [0.15, 0.2) is 6.61 Å². The van der Waals surface area contributed by atoms with Crippen molar-refractivity contribution in [1.82, 2.24) is 9.80 Å². The van der Waals surface area contributed by atoms with E-state index in [1.165, 1.54) is 5.56 Å². The molecule has 1 saturated heterocycles. The van der Waals surface area contributed by atoms with E-state index in [0.717, 1.165) is 19.6 Å². The summed E-state index contributed by atoms with van der Waals surface area (Å²) >= 11 is 0. The topological polar surface area (TPSA) is 58.8 Å². The molecule has 2 N–H and O–H groups in total. The van der Waals surface area contributed by atoms with Crippen LogP contribution in [0.25, 0.3) is 0 Å². The molecule has 0 bridgehead atoms. The van der Waals surface area contributed by atoms with Crippen molar-refractivity contribution in [2.45, 2.75) is 26.4 Å². The Morgan fingerprint density at radius 3 is 2.70 bits per heavy atom. The van der Waals surface area contributed by atoms with E-state index in [-0.39, 0.29) is 6.61 Å². The van der Waals surface area contributed by atoms with Gasteiger partial charge in [0, 0.05) is 25.7 Å². The van der Waals surface area contributed by atoms with Crippen LogP contribution in [0.3, 0.4) is 0 Å². The van der Waals surface area contributed by atoms with Gasteiger partial charge in [0.05, 0.1) is 0 Å². The standard InChI is InChI=1S/C18H29N3O2/c1-13(2)16-10-21(11-17(16)20(3)4)9-14-6-5-7-15(8-14)23-12-18(19)22/h5-8,13,16-17H,9-12H2,1-4H3,(H2,19,22). The number of carbonyl (C=O) groups is 1. The molecule has 5 nitrogen and oxygen atoms in total. The molecule has 1 fully saturated rings. The van der Waals surface area contributed by atoms with Crippen molar-refractivity contribution in [2.75, 3.05) is 33.8 Å². The van der Waals surface area contributed by atoms with Gasteiger partial charge in [-0.3, -0.25) is 9.69 Å². The highest BCUT2D eigenvalue weighted by atomic mass is 16.5. The van der Waals surface area contributed by atoms with Gasteiger partial charge in [-0.2, -0.15) is 0 Å². The maximum atomic E-state index is 10.8. The quantitative estimate of drug-likeness (QED) is 0.829. The Hall–Kier alpha value is -1.59. The third-order valence-corrected chi connectivity index (χ3v) is 4.61. The average molecular weight is 319 g/mol. The third kappa shape index (κ3) is 4.94. The highest BCUT2D eigenvalue weighted by Gasteiger charge is 2.35. The second-order valence-corrected chi connectivity index (χ2v) is 7.04. The first-order valence-electron chi connectivity index (χ1n) is 8.25. The van der Waals surface area contributed by atoms with E-state index in [2.05, 4.69) is 43.8 Å². The number of nitrogens with zero attached hydrogens (tertiary/aromatic N) is 2. The minimum atomic E-state index is -0.455. The number of primary amides is 1. The summed E-state index contributed by atoms with van der Waals surface area (Å²) in [7, 11) is 4.34. The van der Waals surface area contributed by atoms with Crippen LogP contribution in [0.2, 0.25) is 0 Å². The van der Waals surface area contributed by atoms with E-state index in [1.807, 2.05) is 18.2 Å². The Morgan fingerprint density at radius 2 is 2.13 bits per heavy atom. The Balaban J connectivity index is 1.99. The molecule has 1 heterocycles. The van der Waals surface area contributed by atoms with Crippen molar-refractivity contribution in [1.29, 1.82) is 0 Å². The number of likely N-dealkylation sites (tertiary alicyclic amines) is 1. The minimum Gasteiger partial charge on any atom is -0.484 e. The number of likely N-dealkylation sites (N-methyl/N-ethyl adjacent to an activating group) is 1. The highest BCUT2D eigenvalue weighted by Crippen LogP contribution is 2.28. The second-order valence-electron chi connectivity index (χ2n) is 7.04. The number of benzene rings is 1. The third-order valence-electron chi connectivity index (χ3n) is 4.61. The van der Waals surface area contributed by atoms with Crippen LogP contribution in [0.15, 0.2) is 24.3 Å². The van der Waals surface area contributed by atoms with Gasteiger partial charge in [0.2, 0.25) is 0 Å². The predicted molar refractivity (Wildman–Crippen MR) is 92.2 cm³/mol. The number of carbonyl (C=O) groups excluding carboxylic acids is 1. The van der Waals surface area contributed by atoms with Crippen LogP contribution in [0.4, 0.5) is 0 Å². The zero-order valence-corrected chi connectivity index (χ0v) is 14.7. The van der Waals surface area contributed by atoms with Crippen molar-refractivity contribution in [3.63, 3.8) is 0 Å². The molecule has 1 aromatic carbocycles. The van der Waals surface area contributed by atoms with Gasteiger partial charge in [-0.05, 0) is 43.6 Å². The lowest BCUT2D eigenvalue weighted by Gasteiger charge is -2.27. The van der Waals surface area contributed by atoms with E-state index >= 15 is 0 Å². The average Bonchev–Trinajstić information content (AvgIpc) is 2.90. The zero-order valence-electron chi connectivity index (χ0n) is 14.7. The molecule has 128 valence electrons. The van der Waals surface area contributed by atoms with E-state index in [9.17, 15) is 4.79 Å². The first-order valence-corrected chi connectivity index (χ1v) is 8.25. The molecule has 1 aromatic rings. The molecule has 1 aliphatic heterocycles. The maximum Gasteiger partial charge on any atom is 0.255 e. The zero-order chi connectivity index (χ0) is 17.0. The molecule has 0 radical (unpaired) electrons. The van der Waals surface area contributed by atoms with Crippen molar-refractivity contribution >= 4 is 5.91 Å². The fraction of sp³-hybridized carbons (Fsp3) is 0.611. The summed E-state index contributed by atoms with van der Waals surface area (Å²) in [4.78, 5) is 15.7. The molecular formula is C18H29N3O2. The fourth-order valence-electron chi connectivity index (χ4n) is 3.37. The monoisotopic (exact) mass is 319 g/mol. The molecule has 1 aliphatic rings. The van der Waals surface area contributed by atoms with Gasteiger partial charge in [-0.25, -0.2) is 0 Å². The van der Waals surface area contributed by atoms with E-state index in [4.69, 9.17) is 10.5 Å². The molecule has 0 saturated carbocycles. The highest BCUT2D eigenvalue weighted by molar-refractivity contribution is 5.75. The van der Waals surface area contributed by atoms with Crippen molar-refractivity contribution in [3.8, 4) is 5.75 Å². The first-order chi connectivity index (χ1) is 10.9. The molecule has 2 unspecified atom stereocenters. The van der Waals surface area contributed by atoms with E-state index in [1.54, 1.807) is 0 Å². The lowest BCUT2D eigenvalue weighted by atomic mass is 9.91. The molecule has 0 spiro atoms. The normalized spacial score (nSPS) is 22.0. The second kappa shape index (κ2) is 7.79. The van der Waals surface area contributed by atoms with Crippen LogP contribution in [0.5, 0.6) is 5.75 Å². The molecule has 0 aliphatic carbocycles. The van der Waals surface area contributed by atoms with Crippen LogP contribution >= 0.6 is 0 Å². The molecule has 1 amide bonds. The summed E-state index contributed by atoms with van der Waals surface area (Å²) in [6.45, 7) is 7.65. The van der Waals surface area contributed by atoms with Crippen LogP contribution in [0, 0.1) is 11.8 Å². The van der Waals surface area contributed by atoms with Crippen LogP contribution < -0.4 is 10.5 Å². The summed E-state index contributed by atoms with van der Waals surface area (Å²) < 4.78 is 5.39. The number of ether oxygens (including phenoxy) is 1. The minimum absolute atomic E-state index is 0.0781. The molecule has 5 heteroatoms. The molecule has 2 atom stereocenters. The summed E-state index contributed by atoms with van der Waals surface area (Å²) in [5.74, 6) is 1.62. The Morgan fingerprint density at radius 1 is 1.39 bits per heavy atom. The van der Waals surface area contributed by atoms with E-state index < -0.39 is 5.91 Å². The Bertz CT molecular complexity index is 515. The largest absolute Gasteiger partial charge is 0.484 e. The van der Waals surface area contributed by atoms with Crippen molar-refractivity contribution in [3.05, 3.63) is 29.8 Å². The van der Waals surface area contributed by atoms with Gasteiger partial charge < -0.3 is 15.4 Å². The predicted octanol–water partition coefficient (Wildman–Crippen LogP) is 1.57. The summed E-state index contributed by atoms with van der Waals surface area (Å²) in [6, 6.07) is 8.52. The smallest absolute Gasteiger partial charge is 0.255 e. The van der Waals surface area contributed by atoms with Crippen LogP contribution in [-0.2, 0) is 11.3 Å². The SMILES string of the molecule is CC(C)C1CN(Cc2cccc(OCC(N)=O)c2)CC1N(C)C. The van der Waals surface area contributed by atoms with Crippen molar-refractivity contribution < 1.29 is 9.53 Å². The lowest BCUT2D eigenvalue weighted by molar-refractivity contribution is -0.119. The molecule has 23 heavy (non-hydrogen) atoms. The number of amides is 1. The fourth-order valence-corrected chi connectivity index (χ4v) is 3.37. The molecule has 0 aromatic heterocycles. The number of hydrogen-bond donors (Lipinski definition) is 1. The summed E-state index contributed by atoms with van der Waals surface area (Å²) in [5, 5.41) is 0. The van der Waals surface area contributed by atoms with Gasteiger partial charge in [-0.15, -0.1) is 0 Å². The summed E-state index contributed by atoms with van der Waals surface area (Å²) in [5.41, 5.74) is 6.32. The van der Waals surface area contributed by atoms with Gasteiger partial charge in [0.25, 0.3) is 5.91 Å². The Labute approximate surface area is 139 Å². The first kappa shape index (κ1) is 17.8. The van der Waals surface area contributed by atoms with Crippen LogP contribution in [0.1, 0.15) is 19.4 Å². The van der Waals surface area contributed by atoms with Gasteiger partial charge in [0.1, 0.15) is 5.75 Å². The molecule has 2 rings (SSSR count). The maximum absolute atomic E-state index is 10.8. The van der Waals surface area contributed by atoms with Gasteiger partial charge >= 0.3 is 0 Å². The van der Waals surface area contributed by atoms with E-state index in [0.29, 0.717) is 23.6 Å². The number of nitrogens with two attached hydrogens (primary N) is 1. The van der Waals surface area contributed by atoms with Crippen molar-refractivity contribution in [2.24, 2.45) is 17.6 Å². The molecular weight excluding hydrogens is 290 g/mol. The summed E-state index contributed by atoms with van der Waals surface area (Å²) in [6.07, 6.45) is 0. The number of rotatable bonds is 7. The lowest BCUT2D eigenvalue weighted by Crippen LogP contribution is -2.37. The Kier molecular flexibility index (Phi) is 6.02. The van der Waals surface area contributed by atoms with Gasteiger partial charge in [-0.1, -0.05) is 26.0 Å².